The van der Waals surface area contributed by atoms with Crippen molar-refractivity contribution in [3.63, 3.8) is 0 Å². The van der Waals surface area contributed by atoms with Crippen LogP contribution >= 0.6 is 15.9 Å². The number of aromatic nitrogens is 1. The Morgan fingerprint density at radius 2 is 2.00 bits per heavy atom. The molecule has 2 aliphatic rings. The number of halogens is 1. The van der Waals surface area contributed by atoms with E-state index in [0.29, 0.717) is 11.8 Å². The third-order valence-electron chi connectivity index (χ3n) is 4.13. The summed E-state index contributed by atoms with van der Waals surface area (Å²) in [5.74, 6) is 2.19. The summed E-state index contributed by atoms with van der Waals surface area (Å²) in [5, 5.41) is 0. The third-order valence-corrected chi connectivity index (χ3v) is 4.80. The summed E-state index contributed by atoms with van der Waals surface area (Å²) >= 11 is 3.68. The van der Waals surface area contributed by atoms with Crippen molar-refractivity contribution < 1.29 is 4.74 Å². The van der Waals surface area contributed by atoms with Crippen molar-refractivity contribution in [3.05, 3.63) is 29.5 Å². The average molecular weight is 322 g/mol. The third kappa shape index (κ3) is 3.02. The Hall–Kier alpha value is -0.830. The molecular weight excluding hydrogens is 302 g/mol. The normalized spacial score (nSPS) is 20.8. The zero-order chi connectivity index (χ0) is 13.2. The molecule has 0 spiro atoms. The van der Waals surface area contributed by atoms with Crippen LogP contribution in [0.4, 0.5) is 0 Å². The van der Waals surface area contributed by atoms with E-state index in [1.807, 2.05) is 0 Å². The molecule has 2 nitrogen and oxygen atoms in total. The van der Waals surface area contributed by atoms with E-state index in [4.69, 9.17) is 4.74 Å². The Morgan fingerprint density at radius 1 is 1.26 bits per heavy atom. The van der Waals surface area contributed by atoms with Gasteiger partial charge in [0.25, 0.3) is 0 Å². The van der Waals surface area contributed by atoms with Crippen LogP contribution in [0, 0.1) is 5.92 Å². The second-order valence-corrected chi connectivity index (χ2v) is 6.48. The van der Waals surface area contributed by atoms with Crippen molar-refractivity contribution in [1.29, 1.82) is 0 Å². The molecule has 0 amide bonds. The maximum Gasteiger partial charge on any atom is 0.217 e. The van der Waals surface area contributed by atoms with E-state index in [1.165, 1.54) is 44.1 Å². The summed E-state index contributed by atoms with van der Waals surface area (Å²) in [7, 11) is 1.71. The van der Waals surface area contributed by atoms with Crippen molar-refractivity contribution in [1.82, 2.24) is 4.98 Å². The molecule has 3 rings (SSSR count). The van der Waals surface area contributed by atoms with Gasteiger partial charge in [-0.15, -0.1) is 0 Å². The summed E-state index contributed by atoms with van der Waals surface area (Å²) < 4.78 is 6.56. The molecule has 0 atom stereocenters. The first kappa shape index (κ1) is 13.2. The second kappa shape index (κ2) is 5.66. The molecule has 3 heteroatoms. The molecular formula is C16H20BrNO. The lowest BCUT2D eigenvalue weighted by Gasteiger charge is -2.09. The minimum atomic E-state index is 0.675. The molecule has 0 unspecified atom stereocenters. The highest BCUT2D eigenvalue weighted by molar-refractivity contribution is 9.15. The standard InChI is InChI=1S/C16H20BrNO/c1-19-16-13(12-6-7-12)8-9-15(18-16)14(17)10-11-4-2-3-5-11/h8-12H,2-7H2,1H3. The van der Waals surface area contributed by atoms with Gasteiger partial charge in [0.1, 0.15) is 0 Å². The number of rotatable bonds is 4. The molecule has 1 aromatic heterocycles. The fourth-order valence-electron chi connectivity index (χ4n) is 2.87. The first-order valence-corrected chi connectivity index (χ1v) is 8.00. The fourth-order valence-corrected chi connectivity index (χ4v) is 3.46. The Labute approximate surface area is 123 Å². The van der Waals surface area contributed by atoms with Crippen LogP contribution in [0.15, 0.2) is 18.2 Å². The molecule has 102 valence electrons. The topological polar surface area (TPSA) is 22.1 Å². The van der Waals surface area contributed by atoms with Gasteiger partial charge in [0.05, 0.1) is 12.8 Å². The van der Waals surface area contributed by atoms with Gasteiger partial charge in [-0.25, -0.2) is 4.98 Å². The first-order chi connectivity index (χ1) is 9.28. The van der Waals surface area contributed by atoms with Gasteiger partial charge in [0, 0.05) is 10.0 Å². The number of hydrogen-bond donors (Lipinski definition) is 0. The Bertz CT molecular complexity index is 488. The minimum Gasteiger partial charge on any atom is -0.481 e. The van der Waals surface area contributed by atoms with Crippen LogP contribution in [0.3, 0.4) is 0 Å². The lowest BCUT2D eigenvalue weighted by atomic mass is 10.1. The van der Waals surface area contributed by atoms with Gasteiger partial charge in [-0.05, 0) is 59.5 Å². The summed E-state index contributed by atoms with van der Waals surface area (Å²) in [6.45, 7) is 0. The van der Waals surface area contributed by atoms with Crippen molar-refractivity contribution in [3.8, 4) is 5.88 Å². The number of methoxy groups -OCH3 is 1. The Balaban J connectivity index is 1.83. The summed E-state index contributed by atoms with van der Waals surface area (Å²) in [6.07, 6.45) is 10.2. The highest BCUT2D eigenvalue weighted by Gasteiger charge is 2.27. The van der Waals surface area contributed by atoms with Gasteiger partial charge in [-0.3, -0.25) is 0 Å². The molecule has 0 bridgehead atoms. The molecule has 2 fully saturated rings. The highest BCUT2D eigenvalue weighted by atomic mass is 79.9. The van der Waals surface area contributed by atoms with E-state index in [2.05, 4.69) is 39.1 Å². The molecule has 0 radical (unpaired) electrons. The monoisotopic (exact) mass is 321 g/mol. The van der Waals surface area contributed by atoms with Crippen LogP contribution in [0.5, 0.6) is 5.88 Å². The average Bonchev–Trinajstić information content (AvgIpc) is 3.16. The van der Waals surface area contributed by atoms with Crippen LogP contribution in [0.2, 0.25) is 0 Å². The Morgan fingerprint density at radius 3 is 2.63 bits per heavy atom. The van der Waals surface area contributed by atoms with E-state index in [1.54, 1.807) is 7.11 Å². The molecule has 0 aliphatic heterocycles. The smallest absolute Gasteiger partial charge is 0.217 e. The van der Waals surface area contributed by atoms with Gasteiger partial charge >= 0.3 is 0 Å². The summed E-state index contributed by atoms with van der Waals surface area (Å²) in [4.78, 5) is 4.66. The van der Waals surface area contributed by atoms with E-state index in [0.717, 1.165) is 16.1 Å². The van der Waals surface area contributed by atoms with Crippen LogP contribution in [-0.2, 0) is 0 Å². The van der Waals surface area contributed by atoms with Crippen LogP contribution in [0.1, 0.15) is 55.7 Å². The number of hydrogen-bond acceptors (Lipinski definition) is 2. The molecule has 2 aliphatic carbocycles. The highest BCUT2D eigenvalue weighted by Crippen LogP contribution is 2.44. The first-order valence-electron chi connectivity index (χ1n) is 7.20. The maximum atomic E-state index is 5.45. The van der Waals surface area contributed by atoms with Gasteiger partial charge in [-0.2, -0.15) is 0 Å². The zero-order valence-electron chi connectivity index (χ0n) is 11.4. The van der Waals surface area contributed by atoms with E-state index >= 15 is 0 Å². The predicted octanol–water partition coefficient (Wildman–Crippen LogP) is 4.89. The number of pyridine rings is 1. The van der Waals surface area contributed by atoms with Gasteiger partial charge in [0.15, 0.2) is 0 Å². The van der Waals surface area contributed by atoms with Crippen molar-refractivity contribution >= 4 is 20.4 Å². The molecule has 0 saturated heterocycles. The van der Waals surface area contributed by atoms with Crippen molar-refractivity contribution in [2.24, 2.45) is 5.92 Å². The van der Waals surface area contributed by atoms with Crippen molar-refractivity contribution in [2.45, 2.75) is 44.4 Å². The zero-order valence-corrected chi connectivity index (χ0v) is 12.9. The number of nitrogens with zero attached hydrogens (tertiary/aromatic N) is 1. The molecule has 19 heavy (non-hydrogen) atoms. The largest absolute Gasteiger partial charge is 0.481 e. The number of allylic oxidation sites excluding steroid dienone is 1. The molecule has 1 heterocycles. The predicted molar refractivity (Wildman–Crippen MR) is 81.6 cm³/mol. The number of ether oxygens (including phenoxy) is 1. The van der Waals surface area contributed by atoms with Gasteiger partial charge in [-0.1, -0.05) is 25.0 Å². The van der Waals surface area contributed by atoms with Gasteiger partial charge in [0.2, 0.25) is 5.88 Å². The Kier molecular flexibility index (Phi) is 3.92. The summed E-state index contributed by atoms with van der Waals surface area (Å²) in [5.41, 5.74) is 2.26. The molecule has 2 saturated carbocycles. The quantitative estimate of drug-likeness (QED) is 0.787. The molecule has 1 aromatic rings. The van der Waals surface area contributed by atoms with Crippen LogP contribution < -0.4 is 4.74 Å². The van der Waals surface area contributed by atoms with Crippen molar-refractivity contribution in [2.75, 3.05) is 7.11 Å². The van der Waals surface area contributed by atoms with E-state index in [-0.39, 0.29) is 0 Å². The second-order valence-electron chi connectivity index (χ2n) is 5.63. The SMILES string of the molecule is COc1nc(C(Br)=CC2CCCC2)ccc1C1CC1. The van der Waals surface area contributed by atoms with E-state index in [9.17, 15) is 0 Å². The fraction of sp³-hybridized carbons (Fsp3) is 0.562. The van der Waals surface area contributed by atoms with Crippen LogP contribution in [-0.4, -0.2) is 12.1 Å². The molecule has 0 aromatic carbocycles. The minimum absolute atomic E-state index is 0.675. The lowest BCUT2D eigenvalue weighted by molar-refractivity contribution is 0.392. The lowest BCUT2D eigenvalue weighted by Crippen LogP contribution is -1.97. The maximum absolute atomic E-state index is 5.45. The molecule has 0 N–H and O–H groups in total. The summed E-state index contributed by atoms with van der Waals surface area (Å²) in [6, 6.07) is 4.30. The van der Waals surface area contributed by atoms with Gasteiger partial charge < -0.3 is 4.74 Å². The van der Waals surface area contributed by atoms with E-state index < -0.39 is 0 Å². The van der Waals surface area contributed by atoms with Crippen LogP contribution in [0.25, 0.3) is 4.48 Å².